The van der Waals surface area contributed by atoms with E-state index in [0.29, 0.717) is 11.3 Å². The molecule has 0 aliphatic heterocycles. The van der Waals surface area contributed by atoms with Gasteiger partial charge in [0.1, 0.15) is 5.75 Å². The number of nitrogens with zero attached hydrogens (tertiary/aromatic N) is 1. The average molecular weight is 367 g/mol. The van der Waals surface area contributed by atoms with E-state index < -0.39 is 0 Å². The molecule has 0 saturated heterocycles. The van der Waals surface area contributed by atoms with Gasteiger partial charge in [0.05, 0.1) is 16.8 Å². The number of aryl methyl sites for hydroxylation is 2. The highest BCUT2D eigenvalue weighted by molar-refractivity contribution is 6.06. The highest BCUT2D eigenvalue weighted by Gasteiger charge is 2.18. The van der Waals surface area contributed by atoms with Crippen LogP contribution in [0.1, 0.15) is 27.0 Å². The lowest BCUT2D eigenvalue weighted by Gasteiger charge is -2.13. The van der Waals surface area contributed by atoms with Crippen molar-refractivity contribution in [3.63, 3.8) is 0 Å². The summed E-state index contributed by atoms with van der Waals surface area (Å²) in [6.07, 6.45) is 0. The van der Waals surface area contributed by atoms with E-state index in [-0.39, 0.29) is 5.97 Å². The van der Waals surface area contributed by atoms with Gasteiger partial charge in [-0.1, -0.05) is 60.7 Å². The molecule has 0 amide bonds. The number of carbonyl (C=O) groups is 1. The number of ether oxygens (including phenoxy) is 1. The molecule has 0 aliphatic carbocycles. The highest BCUT2D eigenvalue weighted by atomic mass is 16.5. The minimum Gasteiger partial charge on any atom is -0.423 e. The Morgan fingerprint density at radius 3 is 2.32 bits per heavy atom. The van der Waals surface area contributed by atoms with Crippen LogP contribution in [0.5, 0.6) is 5.75 Å². The Bertz CT molecular complexity index is 1180. The largest absolute Gasteiger partial charge is 0.423 e. The van der Waals surface area contributed by atoms with Crippen LogP contribution in [0, 0.1) is 20.8 Å². The van der Waals surface area contributed by atoms with E-state index in [0.717, 1.165) is 38.9 Å². The van der Waals surface area contributed by atoms with Crippen LogP contribution in [0.25, 0.3) is 22.2 Å². The van der Waals surface area contributed by atoms with Crippen molar-refractivity contribution in [3.05, 3.63) is 95.1 Å². The Balaban J connectivity index is 1.86. The van der Waals surface area contributed by atoms with Crippen LogP contribution in [0.4, 0.5) is 0 Å². The lowest BCUT2D eigenvalue weighted by Crippen LogP contribution is -2.11. The van der Waals surface area contributed by atoms with Gasteiger partial charge in [-0.05, 0) is 49.6 Å². The van der Waals surface area contributed by atoms with Crippen LogP contribution in [-0.2, 0) is 0 Å². The third-order valence-corrected chi connectivity index (χ3v) is 5.09. The zero-order chi connectivity index (χ0) is 19.7. The molecule has 4 aromatic rings. The Hall–Kier alpha value is -3.46. The van der Waals surface area contributed by atoms with E-state index in [9.17, 15) is 4.79 Å². The second-order valence-corrected chi connectivity index (χ2v) is 6.98. The molecule has 0 bridgehead atoms. The molecule has 0 saturated carbocycles. The van der Waals surface area contributed by atoms with Gasteiger partial charge in [0.2, 0.25) is 0 Å². The molecule has 28 heavy (non-hydrogen) atoms. The van der Waals surface area contributed by atoms with Crippen molar-refractivity contribution in [1.29, 1.82) is 0 Å². The van der Waals surface area contributed by atoms with Gasteiger partial charge in [-0.15, -0.1) is 0 Å². The first-order chi connectivity index (χ1) is 13.5. The molecule has 3 heteroatoms. The summed E-state index contributed by atoms with van der Waals surface area (Å²) < 4.78 is 5.78. The number of hydrogen-bond donors (Lipinski definition) is 0. The van der Waals surface area contributed by atoms with Gasteiger partial charge in [0, 0.05) is 10.9 Å². The SMILES string of the molecule is Cc1cccc(OC(=O)c2cc(-c3ccccc3)nc3c(C)cccc23)c1C. The van der Waals surface area contributed by atoms with Gasteiger partial charge in [0.25, 0.3) is 0 Å². The fourth-order valence-electron chi connectivity index (χ4n) is 3.31. The van der Waals surface area contributed by atoms with Crippen molar-refractivity contribution in [2.75, 3.05) is 0 Å². The number of aromatic nitrogens is 1. The van der Waals surface area contributed by atoms with Crippen molar-refractivity contribution in [2.45, 2.75) is 20.8 Å². The minimum absolute atomic E-state index is 0.371. The molecule has 0 radical (unpaired) electrons. The van der Waals surface area contributed by atoms with Crippen molar-refractivity contribution in [3.8, 4) is 17.0 Å². The van der Waals surface area contributed by atoms with Crippen molar-refractivity contribution < 1.29 is 9.53 Å². The quantitative estimate of drug-likeness (QED) is 0.327. The molecule has 1 aromatic heterocycles. The topological polar surface area (TPSA) is 39.2 Å². The number of pyridine rings is 1. The molecule has 0 aliphatic rings. The maximum Gasteiger partial charge on any atom is 0.344 e. The maximum absolute atomic E-state index is 13.1. The highest BCUT2D eigenvalue weighted by Crippen LogP contribution is 2.28. The molecule has 3 nitrogen and oxygen atoms in total. The Morgan fingerprint density at radius 1 is 0.821 bits per heavy atom. The number of esters is 1. The molecule has 0 fully saturated rings. The lowest BCUT2D eigenvalue weighted by atomic mass is 10.0. The van der Waals surface area contributed by atoms with E-state index in [2.05, 4.69) is 0 Å². The number of para-hydroxylation sites is 1. The first-order valence-corrected chi connectivity index (χ1v) is 9.29. The number of hydrogen-bond acceptors (Lipinski definition) is 3. The van der Waals surface area contributed by atoms with E-state index in [1.165, 1.54) is 0 Å². The molecule has 138 valence electrons. The molecule has 3 aromatic carbocycles. The first-order valence-electron chi connectivity index (χ1n) is 9.29. The second kappa shape index (κ2) is 7.28. The predicted octanol–water partition coefficient (Wildman–Crippen LogP) is 6.05. The van der Waals surface area contributed by atoms with Crippen LogP contribution in [-0.4, -0.2) is 11.0 Å². The van der Waals surface area contributed by atoms with Gasteiger partial charge in [-0.2, -0.15) is 0 Å². The standard InChI is InChI=1S/C25H21NO2/c1-16-9-8-14-23(18(16)3)28-25(27)21-15-22(19-11-5-4-6-12-19)26-24-17(2)10-7-13-20(21)24/h4-15H,1-3H3. The Labute approximate surface area is 164 Å². The molecule has 0 atom stereocenters. The predicted molar refractivity (Wildman–Crippen MR) is 113 cm³/mol. The summed E-state index contributed by atoms with van der Waals surface area (Å²) >= 11 is 0. The molecule has 1 heterocycles. The van der Waals surface area contributed by atoms with Gasteiger partial charge < -0.3 is 4.74 Å². The number of fused-ring (bicyclic) bond motifs is 1. The van der Waals surface area contributed by atoms with Crippen LogP contribution in [0.15, 0.2) is 72.8 Å². The van der Waals surface area contributed by atoms with Gasteiger partial charge in [-0.3, -0.25) is 0 Å². The van der Waals surface area contributed by atoms with Crippen molar-refractivity contribution in [2.24, 2.45) is 0 Å². The van der Waals surface area contributed by atoms with Crippen LogP contribution in [0.2, 0.25) is 0 Å². The normalized spacial score (nSPS) is 10.8. The van der Waals surface area contributed by atoms with Crippen LogP contribution < -0.4 is 4.74 Å². The average Bonchev–Trinajstić information content (AvgIpc) is 2.72. The third-order valence-electron chi connectivity index (χ3n) is 5.09. The van der Waals surface area contributed by atoms with Gasteiger partial charge >= 0.3 is 5.97 Å². The number of carbonyl (C=O) groups excluding carboxylic acids is 1. The molecular weight excluding hydrogens is 346 g/mol. The van der Waals surface area contributed by atoms with Crippen molar-refractivity contribution in [1.82, 2.24) is 4.98 Å². The summed E-state index contributed by atoms with van der Waals surface area (Å²) in [4.78, 5) is 18.0. The maximum atomic E-state index is 13.1. The van der Waals surface area contributed by atoms with E-state index in [1.807, 2.05) is 93.6 Å². The van der Waals surface area contributed by atoms with E-state index in [4.69, 9.17) is 9.72 Å². The molecular formula is C25H21NO2. The summed E-state index contributed by atoms with van der Waals surface area (Å²) in [5.41, 5.74) is 6.14. The zero-order valence-corrected chi connectivity index (χ0v) is 16.2. The molecule has 0 unspecified atom stereocenters. The summed E-state index contributed by atoms with van der Waals surface area (Å²) in [6.45, 7) is 5.97. The second-order valence-electron chi connectivity index (χ2n) is 6.98. The zero-order valence-electron chi connectivity index (χ0n) is 16.2. The molecule has 0 N–H and O–H groups in total. The fraction of sp³-hybridized carbons (Fsp3) is 0.120. The van der Waals surface area contributed by atoms with E-state index in [1.54, 1.807) is 0 Å². The summed E-state index contributed by atoms with van der Waals surface area (Å²) in [5.74, 6) is 0.216. The van der Waals surface area contributed by atoms with Gasteiger partial charge in [-0.25, -0.2) is 9.78 Å². The summed E-state index contributed by atoms with van der Waals surface area (Å²) in [5, 5.41) is 0.801. The first kappa shape index (κ1) is 17.9. The Kier molecular flexibility index (Phi) is 4.66. The van der Waals surface area contributed by atoms with Gasteiger partial charge in [0.15, 0.2) is 0 Å². The summed E-state index contributed by atoms with van der Waals surface area (Å²) in [7, 11) is 0. The molecule has 4 rings (SSSR count). The number of rotatable bonds is 3. The van der Waals surface area contributed by atoms with E-state index >= 15 is 0 Å². The smallest absolute Gasteiger partial charge is 0.344 e. The fourth-order valence-corrected chi connectivity index (χ4v) is 3.31. The van der Waals surface area contributed by atoms with Crippen molar-refractivity contribution >= 4 is 16.9 Å². The molecule has 0 spiro atoms. The van der Waals surface area contributed by atoms with Crippen LogP contribution >= 0.6 is 0 Å². The Morgan fingerprint density at radius 2 is 1.54 bits per heavy atom. The lowest BCUT2D eigenvalue weighted by molar-refractivity contribution is 0.0735. The summed E-state index contributed by atoms with van der Waals surface area (Å²) in [6, 6.07) is 23.3. The minimum atomic E-state index is -0.371. The number of benzene rings is 3. The van der Waals surface area contributed by atoms with Crippen LogP contribution in [0.3, 0.4) is 0 Å². The monoisotopic (exact) mass is 367 g/mol. The third kappa shape index (κ3) is 3.27.